The fourth-order valence-corrected chi connectivity index (χ4v) is 11.2. The number of aromatic nitrogens is 4. The molecule has 0 aliphatic carbocycles. The topological polar surface area (TPSA) is 26.6 Å². The van der Waals surface area contributed by atoms with Crippen molar-refractivity contribution in [3.05, 3.63) is 182 Å². The summed E-state index contributed by atoms with van der Waals surface area (Å²) in [5.74, 6) is 0. The smallest absolute Gasteiger partial charge is 0.146 e. The zero-order chi connectivity index (χ0) is 38.1. The Balaban J connectivity index is 1.16. The van der Waals surface area contributed by atoms with Gasteiger partial charge < -0.3 is 8.97 Å². The van der Waals surface area contributed by atoms with Crippen molar-refractivity contribution >= 4 is 120 Å². The van der Waals surface area contributed by atoms with Crippen LogP contribution >= 0.6 is 0 Å². The maximum absolute atomic E-state index is 5.52. The Kier molecular flexibility index (Phi) is 5.38. The third-order valence-corrected chi connectivity index (χ3v) is 13.5. The normalized spacial score (nSPS) is 12.7. The lowest BCUT2D eigenvalue weighted by atomic mass is 9.93. The molecule has 0 saturated carbocycles. The number of hydrogen-bond donors (Lipinski definition) is 0. The number of fused-ring (bicyclic) bond motifs is 20. The Labute approximate surface area is 335 Å². The van der Waals surface area contributed by atoms with E-state index in [0.29, 0.717) is 0 Å². The van der Waals surface area contributed by atoms with Crippen LogP contribution in [0.5, 0.6) is 0 Å². The number of hydrogen-bond acceptors (Lipinski definition) is 1. The first-order valence-corrected chi connectivity index (χ1v) is 20.4. The van der Waals surface area contributed by atoms with Crippen LogP contribution < -0.4 is 0 Å². The summed E-state index contributed by atoms with van der Waals surface area (Å²) in [6, 6.07) is 65.0. The third-order valence-electron chi connectivity index (χ3n) is 13.5. The molecule has 0 saturated heterocycles. The van der Waals surface area contributed by atoms with Gasteiger partial charge in [0.15, 0.2) is 0 Å². The second-order valence-electron chi connectivity index (χ2n) is 16.3. The summed E-state index contributed by atoms with van der Waals surface area (Å²) >= 11 is 0. The van der Waals surface area contributed by atoms with Crippen molar-refractivity contribution in [1.29, 1.82) is 0 Å². The molecule has 0 spiro atoms. The molecule has 0 fully saturated rings. The molecular weight excluding hydrogens is 717 g/mol. The molecular formula is C55H30N4. The second-order valence-corrected chi connectivity index (χ2v) is 16.3. The van der Waals surface area contributed by atoms with Crippen molar-refractivity contribution in [2.24, 2.45) is 0 Å². The summed E-state index contributed by atoms with van der Waals surface area (Å²) < 4.78 is 7.37. The molecule has 0 atom stereocenters. The molecule has 0 amide bonds. The van der Waals surface area contributed by atoms with E-state index in [-0.39, 0.29) is 0 Å². The van der Waals surface area contributed by atoms with Crippen LogP contribution in [0.1, 0.15) is 0 Å². The summed E-state index contributed by atoms with van der Waals surface area (Å²) in [6.07, 6.45) is 2.13. The zero-order valence-corrected chi connectivity index (χ0v) is 31.6. The van der Waals surface area contributed by atoms with Crippen molar-refractivity contribution in [1.82, 2.24) is 18.4 Å². The van der Waals surface area contributed by atoms with Crippen molar-refractivity contribution in [2.75, 3.05) is 0 Å². The molecule has 15 aromatic rings. The van der Waals surface area contributed by atoms with Crippen LogP contribution in [0.25, 0.3) is 136 Å². The lowest BCUT2D eigenvalue weighted by molar-refractivity contribution is 1.18. The average molecular weight is 747 g/mol. The minimum Gasteiger partial charge on any atom is -0.309 e. The highest BCUT2D eigenvalue weighted by Gasteiger charge is 2.28. The quantitative estimate of drug-likeness (QED) is 0.173. The first-order valence-electron chi connectivity index (χ1n) is 20.4. The molecule has 0 aliphatic rings. The number of para-hydroxylation sites is 4. The van der Waals surface area contributed by atoms with Gasteiger partial charge in [0.05, 0.1) is 44.8 Å². The van der Waals surface area contributed by atoms with Crippen LogP contribution in [0.3, 0.4) is 0 Å². The van der Waals surface area contributed by atoms with Crippen molar-refractivity contribution in [2.45, 2.75) is 0 Å². The Morgan fingerprint density at radius 1 is 0.339 bits per heavy atom. The monoisotopic (exact) mass is 746 g/mol. The summed E-state index contributed by atoms with van der Waals surface area (Å²) in [5, 5.41) is 17.6. The highest BCUT2D eigenvalue weighted by molar-refractivity contribution is 6.40. The van der Waals surface area contributed by atoms with Gasteiger partial charge in [0.1, 0.15) is 5.65 Å². The van der Waals surface area contributed by atoms with Gasteiger partial charge in [0, 0.05) is 65.1 Å². The number of rotatable bonds is 2. The van der Waals surface area contributed by atoms with E-state index in [1.54, 1.807) is 0 Å². The predicted molar refractivity (Wildman–Crippen MR) is 248 cm³/mol. The van der Waals surface area contributed by atoms with Gasteiger partial charge in [-0.3, -0.25) is 4.40 Å². The molecule has 9 aromatic carbocycles. The number of nitrogens with zero attached hydrogens (tertiary/aromatic N) is 4. The molecule has 0 unspecified atom stereocenters. The van der Waals surface area contributed by atoms with Gasteiger partial charge >= 0.3 is 0 Å². The van der Waals surface area contributed by atoms with E-state index in [4.69, 9.17) is 4.98 Å². The average Bonchev–Trinajstić information content (AvgIpc) is 4.09. The fraction of sp³-hybridized carbons (Fsp3) is 0. The van der Waals surface area contributed by atoms with Crippen LogP contribution in [0.2, 0.25) is 0 Å². The molecule has 270 valence electrons. The molecule has 0 bridgehead atoms. The van der Waals surface area contributed by atoms with Crippen molar-refractivity contribution in [3.8, 4) is 16.8 Å². The Bertz CT molecular complexity index is 4300. The highest BCUT2D eigenvalue weighted by Crippen LogP contribution is 2.51. The SMILES string of the molecule is c1ccc(-n2c3ccccc3c3cc(-c4cc5ccccc5c5c6c7ccccc7cc7c8c9c%10cccc%11c%12ccccc%12n(c9cnc8n(c45)c76)c%11%10)ccc32)cc1. The van der Waals surface area contributed by atoms with Gasteiger partial charge in [-0.2, -0.15) is 0 Å². The van der Waals surface area contributed by atoms with Gasteiger partial charge in [0.2, 0.25) is 0 Å². The van der Waals surface area contributed by atoms with Gasteiger partial charge in [-0.25, -0.2) is 4.98 Å². The van der Waals surface area contributed by atoms with Crippen LogP contribution in [-0.4, -0.2) is 18.4 Å². The van der Waals surface area contributed by atoms with Gasteiger partial charge in [-0.05, 0) is 75.6 Å². The standard InChI is InChI=1S/C55H30N4/c1-2-15-34(16-3-1)57-44-23-10-9-20-38(44)42-28-33(25-26-46(42)57)41-27-31-13-4-6-17-35(31)49-50-36-18-7-5-14-32(36)29-43-51-48-40-22-12-21-39-37-19-8-11-24-45(37)58(52(39)40)47(48)30-56-55(51)59(53(41)49)54(43)50/h1-30H. The minimum atomic E-state index is 0.999. The summed E-state index contributed by atoms with van der Waals surface area (Å²) in [6.45, 7) is 0. The molecule has 4 nitrogen and oxygen atoms in total. The second kappa shape index (κ2) is 10.5. The molecule has 6 aromatic heterocycles. The zero-order valence-electron chi connectivity index (χ0n) is 31.6. The van der Waals surface area contributed by atoms with Gasteiger partial charge in [-0.1, -0.05) is 127 Å². The Morgan fingerprint density at radius 3 is 1.78 bits per heavy atom. The van der Waals surface area contributed by atoms with E-state index in [2.05, 4.69) is 195 Å². The highest BCUT2D eigenvalue weighted by atomic mass is 15.0. The van der Waals surface area contributed by atoms with E-state index in [0.717, 1.165) is 16.9 Å². The van der Waals surface area contributed by atoms with E-state index < -0.39 is 0 Å². The molecule has 0 aliphatic heterocycles. The summed E-state index contributed by atoms with van der Waals surface area (Å²) in [5.41, 5.74) is 13.1. The van der Waals surface area contributed by atoms with E-state index in [1.165, 1.54) is 120 Å². The van der Waals surface area contributed by atoms with E-state index in [1.807, 2.05) is 0 Å². The number of pyridine rings is 1. The van der Waals surface area contributed by atoms with Gasteiger partial charge in [-0.15, -0.1) is 0 Å². The Hall–Kier alpha value is -7.95. The van der Waals surface area contributed by atoms with Crippen LogP contribution in [-0.2, 0) is 0 Å². The number of benzene rings is 9. The minimum absolute atomic E-state index is 0.999. The van der Waals surface area contributed by atoms with Crippen LogP contribution in [0.15, 0.2) is 182 Å². The van der Waals surface area contributed by atoms with Crippen molar-refractivity contribution < 1.29 is 0 Å². The Morgan fingerprint density at radius 2 is 0.966 bits per heavy atom. The predicted octanol–water partition coefficient (Wildman–Crippen LogP) is 14.5. The van der Waals surface area contributed by atoms with E-state index in [9.17, 15) is 0 Å². The molecule has 0 N–H and O–H groups in total. The lowest BCUT2D eigenvalue weighted by Gasteiger charge is -2.12. The maximum atomic E-state index is 5.52. The summed E-state index contributed by atoms with van der Waals surface area (Å²) in [4.78, 5) is 5.52. The summed E-state index contributed by atoms with van der Waals surface area (Å²) in [7, 11) is 0. The fourth-order valence-electron chi connectivity index (χ4n) is 11.2. The van der Waals surface area contributed by atoms with Crippen molar-refractivity contribution in [3.63, 3.8) is 0 Å². The lowest BCUT2D eigenvalue weighted by Crippen LogP contribution is -1.93. The van der Waals surface area contributed by atoms with Gasteiger partial charge in [0.25, 0.3) is 0 Å². The van der Waals surface area contributed by atoms with E-state index >= 15 is 0 Å². The molecule has 6 heterocycles. The van der Waals surface area contributed by atoms with Crippen LogP contribution in [0.4, 0.5) is 0 Å². The maximum Gasteiger partial charge on any atom is 0.146 e. The first-order chi connectivity index (χ1) is 29.3. The molecule has 0 radical (unpaired) electrons. The molecule has 59 heavy (non-hydrogen) atoms. The molecule has 15 rings (SSSR count). The molecule has 4 heteroatoms. The largest absolute Gasteiger partial charge is 0.309 e. The first kappa shape index (κ1) is 30.2. The van der Waals surface area contributed by atoms with Crippen LogP contribution in [0, 0.1) is 0 Å². The third kappa shape index (κ3) is 3.56.